The Hall–Kier alpha value is -2.73. The van der Waals surface area contributed by atoms with Crippen LogP contribution in [0.1, 0.15) is 23.6 Å². The number of hydrogen-bond donors (Lipinski definition) is 1. The van der Waals surface area contributed by atoms with Crippen molar-refractivity contribution in [3.63, 3.8) is 0 Å². The number of carbonyl (C=O) groups is 1. The number of ether oxygens (including phenoxy) is 3. The third-order valence-electron chi connectivity index (χ3n) is 4.34. The quantitative estimate of drug-likeness (QED) is 0.860. The SMILES string of the molecule is CNC(CCc1ccc2c(c1)OCO2)c1cccc(OC(=O)N(C)C)c1. The molecule has 1 aliphatic rings. The fourth-order valence-electron chi connectivity index (χ4n) is 2.87. The number of hydrogen-bond acceptors (Lipinski definition) is 5. The predicted octanol–water partition coefficient (Wildman–Crippen LogP) is 3.37. The van der Waals surface area contributed by atoms with Crippen LogP contribution >= 0.6 is 0 Å². The molecule has 0 bridgehead atoms. The molecule has 26 heavy (non-hydrogen) atoms. The minimum absolute atomic E-state index is 0.151. The Morgan fingerprint density at radius 1 is 1.19 bits per heavy atom. The van der Waals surface area contributed by atoms with Crippen molar-refractivity contribution in [2.45, 2.75) is 18.9 Å². The lowest BCUT2D eigenvalue weighted by Gasteiger charge is -2.18. The van der Waals surface area contributed by atoms with Gasteiger partial charge in [0.2, 0.25) is 6.79 Å². The highest BCUT2D eigenvalue weighted by Gasteiger charge is 2.15. The van der Waals surface area contributed by atoms with Crippen LogP contribution in [0.3, 0.4) is 0 Å². The van der Waals surface area contributed by atoms with Gasteiger partial charge in [-0.1, -0.05) is 18.2 Å². The zero-order valence-electron chi connectivity index (χ0n) is 15.3. The molecule has 6 heteroatoms. The van der Waals surface area contributed by atoms with E-state index in [0.29, 0.717) is 5.75 Å². The summed E-state index contributed by atoms with van der Waals surface area (Å²) in [5.41, 5.74) is 2.28. The van der Waals surface area contributed by atoms with Crippen LogP contribution in [0.5, 0.6) is 17.2 Å². The molecule has 1 heterocycles. The predicted molar refractivity (Wildman–Crippen MR) is 98.8 cm³/mol. The molecule has 1 aliphatic heterocycles. The molecule has 3 rings (SSSR count). The van der Waals surface area contributed by atoms with Gasteiger partial charge >= 0.3 is 6.09 Å². The highest BCUT2D eigenvalue weighted by Crippen LogP contribution is 2.33. The largest absolute Gasteiger partial charge is 0.454 e. The maximum atomic E-state index is 11.7. The average molecular weight is 356 g/mol. The number of fused-ring (bicyclic) bond motifs is 1. The van der Waals surface area contributed by atoms with Crippen LogP contribution in [0, 0.1) is 0 Å². The Kier molecular flexibility index (Phi) is 5.63. The van der Waals surface area contributed by atoms with E-state index < -0.39 is 0 Å². The minimum Gasteiger partial charge on any atom is -0.454 e. The van der Waals surface area contributed by atoms with Crippen LogP contribution in [0.25, 0.3) is 0 Å². The first-order valence-electron chi connectivity index (χ1n) is 8.61. The molecule has 2 aromatic rings. The summed E-state index contributed by atoms with van der Waals surface area (Å²) < 4.78 is 16.1. The van der Waals surface area contributed by atoms with Crippen LogP contribution in [0.2, 0.25) is 0 Å². The number of benzene rings is 2. The van der Waals surface area contributed by atoms with E-state index in [1.165, 1.54) is 10.5 Å². The van der Waals surface area contributed by atoms with Crippen LogP contribution in [0.4, 0.5) is 4.79 Å². The first-order valence-corrected chi connectivity index (χ1v) is 8.61. The van der Waals surface area contributed by atoms with Crippen LogP contribution in [0.15, 0.2) is 42.5 Å². The third kappa shape index (κ3) is 4.26. The van der Waals surface area contributed by atoms with E-state index in [0.717, 1.165) is 29.9 Å². The summed E-state index contributed by atoms with van der Waals surface area (Å²) in [6, 6.07) is 13.8. The fraction of sp³-hybridized carbons (Fsp3) is 0.350. The lowest BCUT2D eigenvalue weighted by Crippen LogP contribution is -2.25. The summed E-state index contributed by atoms with van der Waals surface area (Å²) in [4.78, 5) is 13.1. The maximum absolute atomic E-state index is 11.7. The molecular formula is C20H24N2O4. The molecule has 138 valence electrons. The van der Waals surface area contributed by atoms with Crippen molar-refractivity contribution in [1.29, 1.82) is 0 Å². The highest BCUT2D eigenvalue weighted by molar-refractivity contribution is 5.70. The molecule has 0 spiro atoms. The molecule has 0 fully saturated rings. The van der Waals surface area contributed by atoms with Crippen LogP contribution in [-0.4, -0.2) is 38.9 Å². The first-order chi connectivity index (χ1) is 12.6. The van der Waals surface area contributed by atoms with E-state index in [1.807, 2.05) is 37.4 Å². The third-order valence-corrected chi connectivity index (χ3v) is 4.34. The number of aryl methyl sites for hydroxylation is 1. The van der Waals surface area contributed by atoms with Crippen molar-refractivity contribution in [2.75, 3.05) is 27.9 Å². The van der Waals surface area contributed by atoms with Gasteiger partial charge in [-0.15, -0.1) is 0 Å². The van der Waals surface area contributed by atoms with Crippen molar-refractivity contribution in [2.24, 2.45) is 0 Å². The molecule has 0 radical (unpaired) electrons. The van der Waals surface area contributed by atoms with E-state index in [-0.39, 0.29) is 18.9 Å². The number of rotatable bonds is 6. The van der Waals surface area contributed by atoms with E-state index in [1.54, 1.807) is 20.2 Å². The second-order valence-electron chi connectivity index (χ2n) is 6.40. The van der Waals surface area contributed by atoms with Crippen molar-refractivity contribution in [3.05, 3.63) is 53.6 Å². The van der Waals surface area contributed by atoms with Gasteiger partial charge in [0.25, 0.3) is 0 Å². The van der Waals surface area contributed by atoms with Gasteiger partial charge in [-0.2, -0.15) is 0 Å². The topological polar surface area (TPSA) is 60.0 Å². The van der Waals surface area contributed by atoms with E-state index in [2.05, 4.69) is 11.4 Å². The van der Waals surface area contributed by atoms with E-state index >= 15 is 0 Å². The summed E-state index contributed by atoms with van der Waals surface area (Å²) in [5.74, 6) is 2.15. The molecular weight excluding hydrogens is 332 g/mol. The van der Waals surface area contributed by atoms with Crippen molar-refractivity contribution >= 4 is 6.09 Å². The molecule has 1 amide bonds. The van der Waals surface area contributed by atoms with Crippen molar-refractivity contribution in [3.8, 4) is 17.2 Å². The van der Waals surface area contributed by atoms with Gasteiger partial charge in [0.05, 0.1) is 0 Å². The number of nitrogens with one attached hydrogen (secondary N) is 1. The Morgan fingerprint density at radius 3 is 2.77 bits per heavy atom. The normalized spacial score (nSPS) is 13.3. The Labute approximate surface area is 153 Å². The Bertz CT molecular complexity index is 776. The van der Waals surface area contributed by atoms with Gasteiger partial charge < -0.3 is 24.4 Å². The van der Waals surface area contributed by atoms with Gasteiger partial charge in [0.1, 0.15) is 5.75 Å². The molecule has 2 aromatic carbocycles. The molecule has 0 aliphatic carbocycles. The summed E-state index contributed by atoms with van der Waals surface area (Å²) in [6.07, 6.45) is 1.41. The van der Waals surface area contributed by atoms with Crippen molar-refractivity contribution < 1.29 is 19.0 Å². The molecule has 6 nitrogen and oxygen atoms in total. The summed E-state index contributed by atoms with van der Waals surface area (Å²) in [6.45, 7) is 0.288. The highest BCUT2D eigenvalue weighted by atomic mass is 16.7. The van der Waals surface area contributed by atoms with Gasteiger partial charge in [-0.25, -0.2) is 4.79 Å². The molecule has 1 N–H and O–H groups in total. The van der Waals surface area contributed by atoms with Gasteiger partial charge in [0, 0.05) is 20.1 Å². The Morgan fingerprint density at radius 2 is 2.00 bits per heavy atom. The fourth-order valence-corrected chi connectivity index (χ4v) is 2.87. The van der Waals surface area contributed by atoms with Crippen molar-refractivity contribution in [1.82, 2.24) is 10.2 Å². The van der Waals surface area contributed by atoms with Crippen LogP contribution in [-0.2, 0) is 6.42 Å². The molecule has 0 aromatic heterocycles. The zero-order valence-corrected chi connectivity index (χ0v) is 15.3. The number of amides is 1. The van der Waals surface area contributed by atoms with E-state index in [4.69, 9.17) is 14.2 Å². The van der Waals surface area contributed by atoms with Gasteiger partial charge in [-0.3, -0.25) is 0 Å². The molecule has 1 atom stereocenters. The van der Waals surface area contributed by atoms with Gasteiger partial charge in [-0.05, 0) is 55.3 Å². The summed E-state index contributed by atoms with van der Waals surface area (Å²) in [7, 11) is 5.25. The standard InChI is InChI=1S/C20H24N2O4/c1-21-17(9-7-14-8-10-18-19(11-14)25-13-24-18)15-5-4-6-16(12-15)26-20(23)22(2)3/h4-6,8,10-12,17,21H,7,9,13H2,1-3H3. The monoisotopic (exact) mass is 356 g/mol. The lowest BCUT2D eigenvalue weighted by atomic mass is 9.98. The van der Waals surface area contributed by atoms with Gasteiger partial charge in [0.15, 0.2) is 11.5 Å². The smallest absolute Gasteiger partial charge is 0.414 e. The second kappa shape index (κ2) is 8.10. The Balaban J connectivity index is 1.66. The average Bonchev–Trinajstić information content (AvgIpc) is 3.10. The second-order valence-corrected chi connectivity index (χ2v) is 6.40. The summed E-state index contributed by atoms with van der Waals surface area (Å²) >= 11 is 0. The lowest BCUT2D eigenvalue weighted by molar-refractivity contribution is 0.171. The molecule has 0 saturated heterocycles. The molecule has 1 unspecified atom stereocenters. The number of carbonyl (C=O) groups excluding carboxylic acids is 1. The first kappa shape index (κ1) is 18.1. The maximum Gasteiger partial charge on any atom is 0.414 e. The number of nitrogens with zero attached hydrogens (tertiary/aromatic N) is 1. The summed E-state index contributed by atoms with van der Waals surface area (Å²) in [5, 5.41) is 3.34. The van der Waals surface area contributed by atoms with Crippen LogP contribution < -0.4 is 19.5 Å². The molecule has 0 saturated carbocycles. The van der Waals surface area contributed by atoms with E-state index in [9.17, 15) is 4.79 Å². The zero-order chi connectivity index (χ0) is 18.5. The minimum atomic E-state index is -0.386.